The van der Waals surface area contributed by atoms with Crippen LogP contribution in [0.3, 0.4) is 0 Å². The van der Waals surface area contributed by atoms with Crippen LogP contribution in [0.15, 0.2) is 4.99 Å². The summed E-state index contributed by atoms with van der Waals surface area (Å²) < 4.78 is 0. The molecule has 0 aromatic carbocycles. The molecule has 0 aromatic heterocycles. The number of aliphatic imine (C=N–C) groups is 1. The Hall–Kier alpha value is -0.530. The fraction of sp³-hybridized carbons (Fsp3) is 0.882. The largest absolute Gasteiger partial charge is 0.357 e. The molecule has 1 saturated heterocycles. The monoisotopic (exact) mass is 438 g/mol. The summed E-state index contributed by atoms with van der Waals surface area (Å²) in [5.74, 6) is 1.77. The topological polar surface area (TPSA) is 56.7 Å². The smallest absolute Gasteiger partial charge is 0.222 e. The molecule has 0 aromatic rings. The lowest BCUT2D eigenvalue weighted by molar-refractivity contribution is -0.130. The van der Waals surface area contributed by atoms with E-state index in [-0.39, 0.29) is 24.0 Å². The minimum Gasteiger partial charge on any atom is -0.357 e. The summed E-state index contributed by atoms with van der Waals surface area (Å²) in [5, 5.41) is 6.72. The minimum absolute atomic E-state index is 0. The van der Waals surface area contributed by atoms with E-state index in [4.69, 9.17) is 0 Å². The molecule has 0 bridgehead atoms. The van der Waals surface area contributed by atoms with Crippen molar-refractivity contribution in [2.45, 2.75) is 65.8 Å². The molecule has 23 heavy (non-hydrogen) atoms. The number of guanidine groups is 1. The van der Waals surface area contributed by atoms with Gasteiger partial charge in [0.15, 0.2) is 5.96 Å². The quantitative estimate of drug-likeness (QED) is 0.278. The molecule has 1 fully saturated rings. The summed E-state index contributed by atoms with van der Waals surface area (Å²) >= 11 is 0. The van der Waals surface area contributed by atoms with Crippen LogP contribution in [0.4, 0.5) is 0 Å². The van der Waals surface area contributed by atoms with E-state index in [9.17, 15) is 4.79 Å². The SMILES string of the molecule is CCNC(=NCCCN1CCCCCC1=O)NC(C)C(C)C.I. The van der Waals surface area contributed by atoms with Crippen LogP contribution in [0, 0.1) is 5.92 Å². The van der Waals surface area contributed by atoms with Crippen LogP contribution in [0.5, 0.6) is 0 Å². The number of carbonyl (C=O) groups is 1. The average molecular weight is 438 g/mol. The Morgan fingerprint density at radius 2 is 2.00 bits per heavy atom. The molecule has 0 radical (unpaired) electrons. The first-order valence-corrected chi connectivity index (χ1v) is 8.87. The van der Waals surface area contributed by atoms with E-state index in [0.29, 0.717) is 17.9 Å². The molecule has 1 aliphatic heterocycles. The van der Waals surface area contributed by atoms with E-state index >= 15 is 0 Å². The molecule has 1 rings (SSSR count). The van der Waals surface area contributed by atoms with Gasteiger partial charge in [-0.2, -0.15) is 0 Å². The highest BCUT2D eigenvalue weighted by Crippen LogP contribution is 2.11. The van der Waals surface area contributed by atoms with Crippen molar-refractivity contribution >= 4 is 35.8 Å². The van der Waals surface area contributed by atoms with Crippen LogP contribution in [0.1, 0.15) is 59.8 Å². The maximum atomic E-state index is 11.9. The standard InChI is InChI=1S/C17H34N4O.HI/c1-5-18-17(20-15(4)14(2)3)19-11-9-13-21-12-8-6-7-10-16(21)22;/h14-15H,5-13H2,1-4H3,(H2,18,19,20);1H. The first kappa shape index (κ1) is 22.5. The van der Waals surface area contributed by atoms with Gasteiger partial charge in [0.05, 0.1) is 0 Å². The lowest BCUT2D eigenvalue weighted by atomic mass is 10.1. The number of amides is 1. The molecule has 0 spiro atoms. The first-order valence-electron chi connectivity index (χ1n) is 8.87. The molecule has 5 nitrogen and oxygen atoms in total. The van der Waals surface area contributed by atoms with E-state index in [1.807, 2.05) is 4.90 Å². The molecule has 0 aliphatic carbocycles. The number of hydrogen-bond donors (Lipinski definition) is 2. The van der Waals surface area contributed by atoms with E-state index in [1.165, 1.54) is 6.42 Å². The minimum atomic E-state index is 0. The number of likely N-dealkylation sites (tertiary alicyclic amines) is 1. The number of carbonyl (C=O) groups excluding carboxylic acids is 1. The lowest BCUT2D eigenvalue weighted by Crippen LogP contribution is -2.44. The van der Waals surface area contributed by atoms with Gasteiger partial charge in [-0.05, 0) is 39.0 Å². The van der Waals surface area contributed by atoms with E-state index in [1.54, 1.807) is 0 Å². The third-order valence-electron chi connectivity index (χ3n) is 4.24. The van der Waals surface area contributed by atoms with Crippen molar-refractivity contribution in [3.8, 4) is 0 Å². The number of nitrogens with zero attached hydrogens (tertiary/aromatic N) is 2. The van der Waals surface area contributed by atoms with Crippen molar-refractivity contribution in [2.75, 3.05) is 26.2 Å². The molecule has 1 amide bonds. The van der Waals surface area contributed by atoms with Gasteiger partial charge in [0, 0.05) is 38.6 Å². The first-order chi connectivity index (χ1) is 10.5. The van der Waals surface area contributed by atoms with E-state index in [0.717, 1.165) is 57.8 Å². The summed E-state index contributed by atoms with van der Waals surface area (Å²) in [6.07, 6.45) is 5.03. The second-order valence-corrected chi connectivity index (χ2v) is 6.48. The van der Waals surface area contributed by atoms with Crippen LogP contribution in [-0.4, -0.2) is 49.0 Å². The van der Waals surface area contributed by atoms with Gasteiger partial charge in [0.2, 0.25) is 5.91 Å². The highest BCUT2D eigenvalue weighted by Gasteiger charge is 2.15. The van der Waals surface area contributed by atoms with Crippen molar-refractivity contribution < 1.29 is 4.79 Å². The summed E-state index contributed by atoms with van der Waals surface area (Å²) in [4.78, 5) is 18.6. The highest BCUT2D eigenvalue weighted by atomic mass is 127. The Kier molecular flexibility index (Phi) is 12.5. The van der Waals surface area contributed by atoms with Crippen LogP contribution in [0.25, 0.3) is 0 Å². The van der Waals surface area contributed by atoms with E-state index in [2.05, 4.69) is 43.3 Å². The molecule has 6 heteroatoms. The van der Waals surface area contributed by atoms with Gasteiger partial charge in [-0.25, -0.2) is 0 Å². The van der Waals surface area contributed by atoms with Gasteiger partial charge in [0.1, 0.15) is 0 Å². The maximum Gasteiger partial charge on any atom is 0.222 e. The molecule has 1 atom stereocenters. The molecular weight excluding hydrogens is 403 g/mol. The zero-order chi connectivity index (χ0) is 16.4. The highest BCUT2D eigenvalue weighted by molar-refractivity contribution is 14.0. The van der Waals surface area contributed by atoms with Gasteiger partial charge in [-0.15, -0.1) is 24.0 Å². The predicted molar refractivity (Wildman–Crippen MR) is 108 cm³/mol. The number of rotatable bonds is 7. The van der Waals surface area contributed by atoms with Crippen LogP contribution < -0.4 is 10.6 Å². The fourth-order valence-corrected chi connectivity index (χ4v) is 2.43. The van der Waals surface area contributed by atoms with Crippen molar-refractivity contribution in [1.82, 2.24) is 15.5 Å². The summed E-state index contributed by atoms with van der Waals surface area (Å²) in [7, 11) is 0. The molecule has 1 heterocycles. The lowest BCUT2D eigenvalue weighted by Gasteiger charge is -2.21. The second kappa shape index (κ2) is 12.8. The Balaban J connectivity index is 0.00000484. The summed E-state index contributed by atoms with van der Waals surface area (Å²) in [6, 6.07) is 0.394. The van der Waals surface area contributed by atoms with Crippen LogP contribution in [0.2, 0.25) is 0 Å². The second-order valence-electron chi connectivity index (χ2n) is 6.48. The zero-order valence-electron chi connectivity index (χ0n) is 15.2. The van der Waals surface area contributed by atoms with Crippen LogP contribution in [-0.2, 0) is 4.79 Å². The zero-order valence-corrected chi connectivity index (χ0v) is 17.6. The van der Waals surface area contributed by atoms with Gasteiger partial charge in [-0.1, -0.05) is 20.3 Å². The molecule has 136 valence electrons. The normalized spacial score (nSPS) is 17.5. The summed E-state index contributed by atoms with van der Waals surface area (Å²) in [6.45, 7) is 12.0. The van der Waals surface area contributed by atoms with Crippen molar-refractivity contribution in [3.05, 3.63) is 0 Å². The maximum absolute atomic E-state index is 11.9. The summed E-state index contributed by atoms with van der Waals surface area (Å²) in [5.41, 5.74) is 0. The average Bonchev–Trinajstić information content (AvgIpc) is 2.68. The van der Waals surface area contributed by atoms with Gasteiger partial charge < -0.3 is 15.5 Å². The predicted octanol–water partition coefficient (Wildman–Crippen LogP) is 3.00. The molecule has 2 N–H and O–H groups in total. The Bertz CT molecular complexity index is 361. The Labute approximate surface area is 159 Å². The van der Waals surface area contributed by atoms with Gasteiger partial charge >= 0.3 is 0 Å². The van der Waals surface area contributed by atoms with Crippen molar-refractivity contribution in [3.63, 3.8) is 0 Å². The van der Waals surface area contributed by atoms with Crippen molar-refractivity contribution in [2.24, 2.45) is 10.9 Å². The van der Waals surface area contributed by atoms with Crippen LogP contribution >= 0.6 is 24.0 Å². The Morgan fingerprint density at radius 1 is 1.26 bits per heavy atom. The molecule has 0 saturated carbocycles. The molecule has 1 aliphatic rings. The van der Waals surface area contributed by atoms with Gasteiger partial charge in [0.25, 0.3) is 0 Å². The number of nitrogens with one attached hydrogen (secondary N) is 2. The third-order valence-corrected chi connectivity index (χ3v) is 4.24. The third kappa shape index (κ3) is 9.37. The number of hydrogen-bond acceptors (Lipinski definition) is 2. The van der Waals surface area contributed by atoms with Crippen molar-refractivity contribution in [1.29, 1.82) is 0 Å². The number of halogens is 1. The van der Waals surface area contributed by atoms with E-state index < -0.39 is 0 Å². The molecular formula is C17H35IN4O. The van der Waals surface area contributed by atoms with Gasteiger partial charge in [-0.3, -0.25) is 9.79 Å². The Morgan fingerprint density at radius 3 is 2.65 bits per heavy atom. The fourth-order valence-electron chi connectivity index (χ4n) is 2.43. The molecule has 1 unspecified atom stereocenters.